The van der Waals surface area contributed by atoms with E-state index in [2.05, 4.69) is 6.92 Å². The minimum Gasteiger partial charge on any atom is -0.490 e. The van der Waals surface area contributed by atoms with Crippen LogP contribution in [0.5, 0.6) is 5.75 Å². The van der Waals surface area contributed by atoms with Crippen LogP contribution in [0.3, 0.4) is 0 Å². The van der Waals surface area contributed by atoms with Crippen molar-refractivity contribution >= 4 is 0 Å². The number of rotatable bonds is 5. The topological polar surface area (TPSA) is 33.9 Å². The Balaban J connectivity index is 1.75. The summed E-state index contributed by atoms with van der Waals surface area (Å²) in [5, 5.41) is 10.1. The van der Waals surface area contributed by atoms with E-state index in [4.69, 9.17) is 4.74 Å². The van der Waals surface area contributed by atoms with Gasteiger partial charge in [-0.15, -0.1) is 0 Å². The number of hydrogen-bond acceptors (Lipinski definition) is 2. The zero-order chi connectivity index (χ0) is 13.7. The van der Waals surface area contributed by atoms with Crippen molar-refractivity contribution in [3.63, 3.8) is 0 Å². The Morgan fingerprint density at radius 2 is 2.21 bits per heavy atom. The zero-order valence-electron chi connectivity index (χ0n) is 12.1. The number of benzene rings is 1. The lowest BCUT2D eigenvalue weighted by Gasteiger charge is -2.29. The van der Waals surface area contributed by atoms with Gasteiger partial charge < -0.3 is 14.7 Å². The molecule has 2 N–H and O–H groups in total. The molecule has 0 bridgehead atoms. The van der Waals surface area contributed by atoms with E-state index in [1.54, 1.807) is 0 Å². The minimum atomic E-state index is -0.375. The third-order valence-corrected chi connectivity index (χ3v) is 3.91. The summed E-state index contributed by atoms with van der Waals surface area (Å²) >= 11 is 0. The number of quaternary nitrogens is 1. The van der Waals surface area contributed by atoms with Crippen LogP contribution in [-0.2, 0) is 0 Å². The van der Waals surface area contributed by atoms with Crippen LogP contribution in [-0.4, -0.2) is 37.5 Å². The summed E-state index contributed by atoms with van der Waals surface area (Å²) in [6.07, 6.45) is 2.24. The molecule has 0 spiro atoms. The largest absolute Gasteiger partial charge is 0.490 e. The van der Waals surface area contributed by atoms with Crippen molar-refractivity contribution in [2.45, 2.75) is 32.8 Å². The van der Waals surface area contributed by atoms with Gasteiger partial charge in [0, 0.05) is 5.92 Å². The molecule has 0 aromatic heterocycles. The molecule has 3 nitrogen and oxygen atoms in total. The molecule has 19 heavy (non-hydrogen) atoms. The normalized spacial score (nSPS) is 25.0. The first-order valence-corrected chi connectivity index (χ1v) is 7.35. The van der Waals surface area contributed by atoms with E-state index in [1.165, 1.54) is 30.8 Å². The highest BCUT2D eigenvalue weighted by Crippen LogP contribution is 2.16. The Morgan fingerprint density at radius 1 is 1.42 bits per heavy atom. The summed E-state index contributed by atoms with van der Waals surface area (Å²) in [4.78, 5) is 1.51. The van der Waals surface area contributed by atoms with Crippen molar-refractivity contribution in [2.75, 3.05) is 26.2 Å². The van der Waals surface area contributed by atoms with Gasteiger partial charge in [-0.2, -0.15) is 0 Å². The fraction of sp³-hybridized carbons (Fsp3) is 0.625. The molecule has 3 atom stereocenters. The predicted molar refractivity (Wildman–Crippen MR) is 76.6 cm³/mol. The molecule has 3 heteroatoms. The number of aliphatic hydroxyl groups is 1. The van der Waals surface area contributed by atoms with Crippen LogP contribution in [0.2, 0.25) is 0 Å². The molecule has 1 fully saturated rings. The van der Waals surface area contributed by atoms with Crippen LogP contribution in [0.4, 0.5) is 0 Å². The molecule has 1 aliphatic heterocycles. The van der Waals surface area contributed by atoms with Gasteiger partial charge in [-0.25, -0.2) is 0 Å². The number of ether oxygens (including phenoxy) is 1. The fourth-order valence-corrected chi connectivity index (χ4v) is 2.88. The Kier molecular flexibility index (Phi) is 5.23. The average Bonchev–Trinajstić information content (AvgIpc) is 2.38. The monoisotopic (exact) mass is 264 g/mol. The highest BCUT2D eigenvalue weighted by atomic mass is 16.5. The number of aryl methyl sites for hydroxylation is 1. The molecule has 1 aliphatic rings. The quantitative estimate of drug-likeness (QED) is 0.833. The van der Waals surface area contributed by atoms with E-state index < -0.39 is 0 Å². The van der Waals surface area contributed by atoms with Crippen molar-refractivity contribution in [3.05, 3.63) is 29.8 Å². The maximum absolute atomic E-state index is 10.1. The summed E-state index contributed by atoms with van der Waals surface area (Å²) < 4.78 is 5.70. The average molecular weight is 264 g/mol. The standard InChI is InChI=1S/C16H25NO2/c1-13-6-5-9-17(10-13)11-15(18)12-19-16-8-4-3-7-14(16)2/h3-4,7-8,13,15,18H,5-6,9-12H2,1-2H3/p+1/t13-,15-/m0/s1. The molecule has 0 saturated carbocycles. The summed E-state index contributed by atoms with van der Waals surface area (Å²) in [6.45, 7) is 7.89. The molecule has 0 radical (unpaired) electrons. The first kappa shape index (κ1) is 14.4. The molecular formula is C16H26NO2+. The zero-order valence-corrected chi connectivity index (χ0v) is 12.1. The van der Waals surface area contributed by atoms with E-state index in [0.717, 1.165) is 23.8 Å². The second-order valence-corrected chi connectivity index (χ2v) is 5.89. The lowest BCUT2D eigenvalue weighted by molar-refractivity contribution is -0.911. The van der Waals surface area contributed by atoms with Gasteiger partial charge in [0.2, 0.25) is 0 Å². The molecule has 1 heterocycles. The molecule has 1 aromatic carbocycles. The van der Waals surface area contributed by atoms with Gasteiger partial charge in [-0.05, 0) is 31.4 Å². The lowest BCUT2D eigenvalue weighted by atomic mass is 10.0. The third kappa shape index (κ3) is 4.51. The van der Waals surface area contributed by atoms with Gasteiger partial charge in [0.1, 0.15) is 25.0 Å². The smallest absolute Gasteiger partial charge is 0.137 e. The first-order valence-electron chi connectivity index (χ1n) is 7.35. The van der Waals surface area contributed by atoms with Gasteiger partial charge in [-0.3, -0.25) is 0 Å². The van der Waals surface area contributed by atoms with E-state index >= 15 is 0 Å². The highest BCUT2D eigenvalue weighted by Gasteiger charge is 2.22. The summed E-state index contributed by atoms with van der Waals surface area (Å²) in [7, 11) is 0. The Morgan fingerprint density at radius 3 is 2.95 bits per heavy atom. The number of piperidine rings is 1. The number of aliphatic hydroxyl groups excluding tert-OH is 1. The molecule has 1 unspecified atom stereocenters. The maximum Gasteiger partial charge on any atom is 0.137 e. The molecule has 0 aliphatic carbocycles. The van der Waals surface area contributed by atoms with Crippen molar-refractivity contribution in [2.24, 2.45) is 5.92 Å². The molecule has 1 aromatic rings. The number of para-hydroxylation sites is 1. The Labute approximate surface area is 116 Å². The van der Waals surface area contributed by atoms with E-state index in [-0.39, 0.29) is 6.10 Å². The molecule has 2 rings (SSSR count). The lowest BCUT2D eigenvalue weighted by Crippen LogP contribution is -3.14. The summed E-state index contributed by atoms with van der Waals surface area (Å²) in [6, 6.07) is 7.95. The third-order valence-electron chi connectivity index (χ3n) is 3.91. The van der Waals surface area contributed by atoms with Crippen LogP contribution >= 0.6 is 0 Å². The Bertz CT molecular complexity index is 394. The van der Waals surface area contributed by atoms with Gasteiger partial charge in [0.25, 0.3) is 0 Å². The van der Waals surface area contributed by atoms with Crippen molar-refractivity contribution in [1.82, 2.24) is 0 Å². The van der Waals surface area contributed by atoms with Crippen LogP contribution < -0.4 is 9.64 Å². The predicted octanol–water partition coefficient (Wildman–Crippen LogP) is 1.05. The fourth-order valence-electron chi connectivity index (χ4n) is 2.88. The van der Waals surface area contributed by atoms with Crippen LogP contribution in [0, 0.1) is 12.8 Å². The summed E-state index contributed by atoms with van der Waals surface area (Å²) in [5.74, 6) is 1.66. The van der Waals surface area contributed by atoms with Crippen LogP contribution in [0.1, 0.15) is 25.3 Å². The van der Waals surface area contributed by atoms with E-state index in [1.807, 2.05) is 31.2 Å². The second-order valence-electron chi connectivity index (χ2n) is 5.89. The van der Waals surface area contributed by atoms with Crippen molar-refractivity contribution < 1.29 is 14.7 Å². The van der Waals surface area contributed by atoms with Crippen LogP contribution in [0.15, 0.2) is 24.3 Å². The van der Waals surface area contributed by atoms with Gasteiger partial charge >= 0.3 is 0 Å². The van der Waals surface area contributed by atoms with Gasteiger partial charge in [-0.1, -0.05) is 25.1 Å². The maximum atomic E-state index is 10.1. The SMILES string of the molecule is Cc1ccccc1OC[C@@H](O)C[NH+]1CCC[C@H](C)C1. The number of hydrogen-bond donors (Lipinski definition) is 2. The van der Waals surface area contributed by atoms with Gasteiger partial charge in [0.05, 0.1) is 13.1 Å². The number of likely N-dealkylation sites (tertiary alicyclic amines) is 1. The Hall–Kier alpha value is -1.06. The van der Waals surface area contributed by atoms with E-state index in [9.17, 15) is 5.11 Å². The van der Waals surface area contributed by atoms with Crippen molar-refractivity contribution in [1.29, 1.82) is 0 Å². The molecule has 0 amide bonds. The molecular weight excluding hydrogens is 238 g/mol. The van der Waals surface area contributed by atoms with E-state index in [0.29, 0.717) is 6.61 Å². The highest BCUT2D eigenvalue weighted by molar-refractivity contribution is 5.31. The molecule has 1 saturated heterocycles. The van der Waals surface area contributed by atoms with Crippen molar-refractivity contribution in [3.8, 4) is 5.75 Å². The van der Waals surface area contributed by atoms with Gasteiger partial charge in [0.15, 0.2) is 0 Å². The number of nitrogens with one attached hydrogen (secondary N) is 1. The second kappa shape index (κ2) is 6.92. The minimum absolute atomic E-state index is 0.375. The summed E-state index contributed by atoms with van der Waals surface area (Å²) in [5.41, 5.74) is 1.12. The molecule has 106 valence electrons. The van der Waals surface area contributed by atoms with Crippen LogP contribution in [0.25, 0.3) is 0 Å². The first-order chi connectivity index (χ1) is 9.15.